The number of benzene rings is 1. The Morgan fingerprint density at radius 1 is 1.13 bits per heavy atom. The van der Waals surface area contributed by atoms with Crippen LogP contribution in [0.25, 0.3) is 5.52 Å². The van der Waals surface area contributed by atoms with E-state index in [1.54, 1.807) is 18.3 Å². The molecule has 10 heteroatoms. The van der Waals surface area contributed by atoms with E-state index >= 15 is 0 Å². The first kappa shape index (κ1) is 19.9. The van der Waals surface area contributed by atoms with Crippen molar-refractivity contribution < 1.29 is 22.0 Å². The Bertz CT molecular complexity index is 1290. The highest BCUT2D eigenvalue weighted by molar-refractivity contribution is 7.91. The van der Waals surface area contributed by atoms with Crippen molar-refractivity contribution in [2.24, 2.45) is 0 Å². The van der Waals surface area contributed by atoms with Crippen molar-refractivity contribution in [1.29, 1.82) is 0 Å². The zero-order chi connectivity index (χ0) is 21.8. The van der Waals surface area contributed by atoms with E-state index in [9.17, 15) is 22.0 Å². The second-order valence-corrected chi connectivity index (χ2v) is 9.93. The fourth-order valence-corrected chi connectivity index (χ4v) is 5.43. The van der Waals surface area contributed by atoms with Crippen LogP contribution in [0.2, 0.25) is 0 Å². The molecule has 0 bridgehead atoms. The van der Waals surface area contributed by atoms with Crippen LogP contribution in [0, 0.1) is 11.6 Å². The normalized spacial score (nSPS) is 19.2. The van der Waals surface area contributed by atoms with Crippen molar-refractivity contribution in [3.05, 3.63) is 65.5 Å². The molecule has 1 aromatic carbocycles. The molecule has 0 radical (unpaired) electrons. The number of carbonyl (C=O) groups excluding carboxylic acids is 1. The molecule has 2 aliphatic rings. The second kappa shape index (κ2) is 7.30. The predicted molar refractivity (Wildman–Crippen MR) is 110 cm³/mol. The maximum Gasteiger partial charge on any atom is 0.268 e. The molecule has 3 aromatic rings. The fourth-order valence-electron chi connectivity index (χ4n) is 4.14. The minimum atomic E-state index is -3.68. The molecular formula is C21H20F2N4O3S. The summed E-state index contributed by atoms with van der Waals surface area (Å²) in [7, 11) is -3.68. The largest absolute Gasteiger partial charge is 0.364 e. The number of sulfonamides is 1. The van der Waals surface area contributed by atoms with Crippen molar-refractivity contribution >= 4 is 27.1 Å². The van der Waals surface area contributed by atoms with Crippen LogP contribution in [-0.2, 0) is 10.0 Å². The number of hydrogen-bond acceptors (Lipinski definition) is 5. The van der Waals surface area contributed by atoms with Gasteiger partial charge in [0.25, 0.3) is 5.91 Å². The Labute approximate surface area is 177 Å². The van der Waals surface area contributed by atoms with E-state index in [4.69, 9.17) is 0 Å². The maximum atomic E-state index is 14.4. The minimum Gasteiger partial charge on any atom is -0.364 e. The molecule has 162 valence electrons. The lowest BCUT2D eigenvalue weighted by Crippen LogP contribution is -2.33. The molecule has 3 heterocycles. The van der Waals surface area contributed by atoms with E-state index in [0.717, 1.165) is 24.2 Å². The van der Waals surface area contributed by atoms with Gasteiger partial charge < -0.3 is 4.90 Å². The standard InChI is InChI=1S/C21H20F2N4O3S/c22-13-3-6-18(23)16(10-13)19-2-1-8-26(19)14-7-9-27-20(11-14)17(12-24-27)21(28)25-31(29,30)15-4-5-15/h3,6-7,9-12,15,19H,1-2,4-5,8H2,(H,25,28)/t19-/m1/s1. The number of aromatic nitrogens is 2. The summed E-state index contributed by atoms with van der Waals surface area (Å²) in [6.07, 6.45) is 5.55. The Kier molecular flexibility index (Phi) is 4.69. The van der Waals surface area contributed by atoms with Crippen LogP contribution in [0.3, 0.4) is 0 Å². The van der Waals surface area contributed by atoms with E-state index in [-0.39, 0.29) is 11.6 Å². The quantitative estimate of drug-likeness (QED) is 0.651. The molecule has 0 spiro atoms. The molecule has 0 unspecified atom stereocenters. The average molecular weight is 446 g/mol. The van der Waals surface area contributed by atoms with Gasteiger partial charge >= 0.3 is 0 Å². The topological polar surface area (TPSA) is 83.8 Å². The summed E-state index contributed by atoms with van der Waals surface area (Å²) in [4.78, 5) is 14.6. The molecule has 31 heavy (non-hydrogen) atoms. The van der Waals surface area contributed by atoms with Crippen molar-refractivity contribution in [2.75, 3.05) is 11.4 Å². The third-order valence-electron chi connectivity index (χ3n) is 5.85. The van der Waals surface area contributed by atoms with Gasteiger partial charge in [0.2, 0.25) is 10.0 Å². The molecule has 2 aromatic heterocycles. The fraction of sp³-hybridized carbons (Fsp3) is 0.333. The lowest BCUT2D eigenvalue weighted by Gasteiger charge is -2.27. The van der Waals surface area contributed by atoms with Crippen molar-refractivity contribution in [1.82, 2.24) is 14.3 Å². The number of anilines is 1. The van der Waals surface area contributed by atoms with Crippen LogP contribution in [0.1, 0.15) is 47.6 Å². The minimum absolute atomic E-state index is 0.138. The van der Waals surface area contributed by atoms with Gasteiger partial charge in [0.05, 0.1) is 28.6 Å². The molecule has 7 nitrogen and oxygen atoms in total. The van der Waals surface area contributed by atoms with Crippen LogP contribution in [0.15, 0.2) is 42.7 Å². The van der Waals surface area contributed by atoms with E-state index in [1.165, 1.54) is 16.8 Å². The van der Waals surface area contributed by atoms with Crippen molar-refractivity contribution in [3.8, 4) is 0 Å². The van der Waals surface area contributed by atoms with Crippen LogP contribution < -0.4 is 9.62 Å². The summed E-state index contributed by atoms with van der Waals surface area (Å²) in [5.74, 6) is -1.69. The third kappa shape index (κ3) is 3.65. The number of nitrogens with zero attached hydrogens (tertiary/aromatic N) is 3. The van der Waals surface area contributed by atoms with Gasteiger partial charge in [-0.15, -0.1) is 0 Å². The van der Waals surface area contributed by atoms with Crippen LogP contribution in [0.4, 0.5) is 14.5 Å². The smallest absolute Gasteiger partial charge is 0.268 e. The zero-order valence-corrected chi connectivity index (χ0v) is 17.3. The molecule has 1 aliphatic heterocycles. The molecule has 1 amide bonds. The molecular weight excluding hydrogens is 426 g/mol. The zero-order valence-electron chi connectivity index (χ0n) is 16.5. The van der Waals surface area contributed by atoms with E-state index in [2.05, 4.69) is 9.82 Å². The molecule has 1 atom stereocenters. The van der Waals surface area contributed by atoms with Gasteiger partial charge in [0, 0.05) is 24.0 Å². The van der Waals surface area contributed by atoms with E-state index in [1.807, 2.05) is 4.90 Å². The van der Waals surface area contributed by atoms with Crippen molar-refractivity contribution in [2.45, 2.75) is 37.0 Å². The van der Waals surface area contributed by atoms with E-state index in [0.29, 0.717) is 36.9 Å². The second-order valence-electron chi connectivity index (χ2n) is 7.97. The number of rotatable bonds is 5. The van der Waals surface area contributed by atoms with Gasteiger partial charge in [0.15, 0.2) is 0 Å². The summed E-state index contributed by atoms with van der Waals surface area (Å²) in [6, 6.07) is 6.62. The Morgan fingerprint density at radius 2 is 1.94 bits per heavy atom. The highest BCUT2D eigenvalue weighted by Gasteiger charge is 2.37. The number of fused-ring (bicyclic) bond motifs is 1. The first-order valence-corrected chi connectivity index (χ1v) is 11.6. The Morgan fingerprint density at radius 3 is 2.71 bits per heavy atom. The first-order chi connectivity index (χ1) is 14.8. The highest BCUT2D eigenvalue weighted by Crippen LogP contribution is 2.38. The van der Waals surface area contributed by atoms with Crippen LogP contribution in [0.5, 0.6) is 0 Å². The molecule has 1 saturated carbocycles. The molecule has 5 rings (SSSR count). The average Bonchev–Trinajstić information content (AvgIpc) is 3.35. The maximum absolute atomic E-state index is 14.4. The van der Waals surface area contributed by atoms with Gasteiger partial charge in [-0.3, -0.25) is 4.79 Å². The molecule has 1 aliphatic carbocycles. The van der Waals surface area contributed by atoms with Crippen LogP contribution >= 0.6 is 0 Å². The van der Waals surface area contributed by atoms with Gasteiger partial charge in [-0.05, 0) is 56.0 Å². The van der Waals surface area contributed by atoms with Gasteiger partial charge in [0.1, 0.15) is 11.6 Å². The lowest BCUT2D eigenvalue weighted by atomic mass is 10.0. The third-order valence-corrected chi connectivity index (χ3v) is 7.67. The highest BCUT2D eigenvalue weighted by atomic mass is 32.2. The SMILES string of the molecule is O=C(NS(=O)(=O)C1CC1)c1cnn2ccc(N3CCC[C@@H]3c3cc(F)ccc3F)cc12. The number of carbonyl (C=O) groups is 1. The number of halogens is 2. The predicted octanol–water partition coefficient (Wildman–Crippen LogP) is 3.18. The van der Waals surface area contributed by atoms with Gasteiger partial charge in [-0.2, -0.15) is 5.10 Å². The number of nitrogens with one attached hydrogen (secondary N) is 1. The lowest BCUT2D eigenvalue weighted by molar-refractivity contribution is 0.0983. The van der Waals surface area contributed by atoms with Gasteiger partial charge in [-0.1, -0.05) is 0 Å². The molecule has 2 fully saturated rings. The molecule has 1 N–H and O–H groups in total. The number of pyridine rings is 1. The van der Waals surface area contributed by atoms with Crippen molar-refractivity contribution in [3.63, 3.8) is 0 Å². The summed E-state index contributed by atoms with van der Waals surface area (Å²) >= 11 is 0. The van der Waals surface area contributed by atoms with Crippen LogP contribution in [-0.4, -0.2) is 35.7 Å². The molecule has 1 saturated heterocycles. The summed E-state index contributed by atoms with van der Waals surface area (Å²) in [6.45, 7) is 0.641. The van der Waals surface area contributed by atoms with E-state index < -0.39 is 32.8 Å². The number of hydrogen-bond donors (Lipinski definition) is 1. The van der Waals surface area contributed by atoms with Gasteiger partial charge in [-0.25, -0.2) is 26.4 Å². The Hall–Kier alpha value is -3.01. The number of amides is 1. The summed E-state index contributed by atoms with van der Waals surface area (Å²) in [5, 5.41) is 3.62. The summed E-state index contributed by atoms with van der Waals surface area (Å²) < 4.78 is 56.0. The summed E-state index contributed by atoms with van der Waals surface area (Å²) in [5.41, 5.74) is 1.59. The monoisotopic (exact) mass is 446 g/mol. The first-order valence-electron chi connectivity index (χ1n) is 10.1. The Balaban J connectivity index is 1.48.